The maximum absolute atomic E-state index is 11.9. The molecule has 2 heterocycles. The van der Waals surface area contributed by atoms with Crippen LogP contribution in [0.5, 0.6) is 0 Å². The lowest BCUT2D eigenvalue weighted by Gasteiger charge is -2.40. The summed E-state index contributed by atoms with van der Waals surface area (Å²) in [4.78, 5) is 13.7. The van der Waals surface area contributed by atoms with E-state index in [1.165, 1.54) is 0 Å². The summed E-state index contributed by atoms with van der Waals surface area (Å²) in [6.07, 6.45) is 1.54. The fourth-order valence-corrected chi connectivity index (χ4v) is 2.59. The molecule has 1 unspecified atom stereocenters. The highest BCUT2D eigenvalue weighted by atomic mass is 16.6. The van der Waals surface area contributed by atoms with Crippen molar-refractivity contribution >= 4 is 6.09 Å². The van der Waals surface area contributed by atoms with Crippen molar-refractivity contribution in [1.29, 1.82) is 0 Å². The van der Waals surface area contributed by atoms with Crippen LogP contribution in [0.25, 0.3) is 0 Å². The van der Waals surface area contributed by atoms with Crippen molar-refractivity contribution < 1.29 is 14.3 Å². The Labute approximate surface area is 109 Å². The van der Waals surface area contributed by atoms with E-state index in [2.05, 4.69) is 12.2 Å². The molecule has 2 saturated heterocycles. The van der Waals surface area contributed by atoms with Crippen molar-refractivity contribution in [3.63, 3.8) is 0 Å². The third kappa shape index (κ3) is 2.78. The van der Waals surface area contributed by atoms with Crippen molar-refractivity contribution in [3.05, 3.63) is 0 Å². The number of amides is 1. The molecule has 0 saturated carbocycles. The van der Waals surface area contributed by atoms with E-state index >= 15 is 0 Å². The summed E-state index contributed by atoms with van der Waals surface area (Å²) < 4.78 is 11.2. The minimum atomic E-state index is -0.426. The number of carbonyl (C=O) groups excluding carboxylic acids is 1. The van der Waals surface area contributed by atoms with Crippen LogP contribution in [0.2, 0.25) is 0 Å². The zero-order chi connectivity index (χ0) is 13.4. The van der Waals surface area contributed by atoms with Gasteiger partial charge in [-0.05, 0) is 40.5 Å². The van der Waals surface area contributed by atoms with Crippen molar-refractivity contribution in [2.45, 2.75) is 57.8 Å². The molecule has 2 rings (SSSR count). The topological polar surface area (TPSA) is 50.8 Å². The van der Waals surface area contributed by atoms with Gasteiger partial charge >= 0.3 is 6.09 Å². The van der Waals surface area contributed by atoms with Crippen LogP contribution in [0.4, 0.5) is 4.79 Å². The van der Waals surface area contributed by atoms with Crippen LogP contribution in [0, 0.1) is 0 Å². The molecule has 0 aromatic heterocycles. The number of hydrogen-bond donors (Lipinski definition) is 1. The number of likely N-dealkylation sites (tertiary alicyclic amines) is 1. The normalized spacial score (nSPS) is 27.6. The van der Waals surface area contributed by atoms with Gasteiger partial charge in [-0.1, -0.05) is 0 Å². The summed E-state index contributed by atoms with van der Waals surface area (Å²) in [6.45, 7) is 9.86. The molecule has 2 fully saturated rings. The Bertz CT molecular complexity index is 317. The number of piperidine rings is 1. The Balaban J connectivity index is 1.89. The van der Waals surface area contributed by atoms with Gasteiger partial charge in [0, 0.05) is 19.1 Å². The van der Waals surface area contributed by atoms with Crippen LogP contribution in [0.1, 0.15) is 40.5 Å². The zero-order valence-corrected chi connectivity index (χ0v) is 11.8. The summed E-state index contributed by atoms with van der Waals surface area (Å²) in [5.41, 5.74) is -0.510. The van der Waals surface area contributed by atoms with Gasteiger partial charge in [0.25, 0.3) is 0 Å². The first kappa shape index (κ1) is 13.6. The van der Waals surface area contributed by atoms with Gasteiger partial charge in [0.2, 0.25) is 0 Å². The first-order valence-corrected chi connectivity index (χ1v) is 6.68. The Hall–Kier alpha value is -0.810. The number of hydrogen-bond acceptors (Lipinski definition) is 4. The van der Waals surface area contributed by atoms with Crippen LogP contribution in [0.3, 0.4) is 0 Å². The van der Waals surface area contributed by atoms with Crippen LogP contribution >= 0.6 is 0 Å². The van der Waals surface area contributed by atoms with Crippen molar-refractivity contribution in [3.8, 4) is 0 Å². The molecule has 0 radical (unpaired) electrons. The van der Waals surface area contributed by atoms with E-state index < -0.39 is 5.60 Å². The van der Waals surface area contributed by atoms with Crippen molar-refractivity contribution in [1.82, 2.24) is 10.2 Å². The average Bonchev–Trinajstić information content (AvgIpc) is 2.59. The van der Waals surface area contributed by atoms with Gasteiger partial charge < -0.3 is 14.4 Å². The SMILES string of the molecule is CC1NCOC12CCN(C(=O)OC(C)(C)C)CC2. The van der Waals surface area contributed by atoms with E-state index in [1.54, 1.807) is 4.90 Å². The lowest BCUT2D eigenvalue weighted by molar-refractivity contribution is -0.0534. The molecule has 0 aromatic rings. The second-order valence-corrected chi connectivity index (χ2v) is 6.25. The molecular formula is C13H24N2O3. The Morgan fingerprint density at radius 3 is 2.44 bits per heavy atom. The van der Waals surface area contributed by atoms with E-state index in [9.17, 15) is 4.79 Å². The number of nitrogens with one attached hydrogen (secondary N) is 1. The highest BCUT2D eigenvalue weighted by Crippen LogP contribution is 2.33. The van der Waals surface area contributed by atoms with E-state index in [1.807, 2.05) is 20.8 Å². The minimum absolute atomic E-state index is 0.0848. The van der Waals surface area contributed by atoms with Crippen LogP contribution in [0.15, 0.2) is 0 Å². The van der Waals surface area contributed by atoms with Crippen LogP contribution in [-0.2, 0) is 9.47 Å². The molecule has 0 aliphatic carbocycles. The highest BCUT2D eigenvalue weighted by molar-refractivity contribution is 5.68. The van der Waals surface area contributed by atoms with E-state index in [0.29, 0.717) is 25.9 Å². The van der Waals surface area contributed by atoms with E-state index in [0.717, 1.165) is 12.8 Å². The molecule has 5 heteroatoms. The maximum atomic E-state index is 11.9. The predicted molar refractivity (Wildman–Crippen MR) is 68.3 cm³/mol. The average molecular weight is 256 g/mol. The number of rotatable bonds is 0. The van der Waals surface area contributed by atoms with Gasteiger partial charge in [-0.3, -0.25) is 5.32 Å². The fourth-order valence-electron chi connectivity index (χ4n) is 2.59. The van der Waals surface area contributed by atoms with E-state index in [-0.39, 0.29) is 11.7 Å². The molecule has 2 aliphatic rings. The Morgan fingerprint density at radius 2 is 2.00 bits per heavy atom. The summed E-state index contributed by atoms with van der Waals surface area (Å²) >= 11 is 0. The maximum Gasteiger partial charge on any atom is 0.410 e. The summed E-state index contributed by atoms with van der Waals surface area (Å²) in [6, 6.07) is 0.360. The van der Waals surface area contributed by atoms with Gasteiger partial charge in [-0.2, -0.15) is 0 Å². The van der Waals surface area contributed by atoms with Gasteiger partial charge in [0.05, 0.1) is 12.3 Å². The molecule has 1 amide bonds. The van der Waals surface area contributed by atoms with Gasteiger partial charge in [-0.15, -0.1) is 0 Å². The largest absolute Gasteiger partial charge is 0.444 e. The summed E-state index contributed by atoms with van der Waals surface area (Å²) in [7, 11) is 0. The lowest BCUT2D eigenvalue weighted by Crippen LogP contribution is -2.52. The third-order valence-corrected chi connectivity index (χ3v) is 3.80. The molecule has 104 valence electrons. The molecule has 1 spiro atoms. The summed E-state index contributed by atoms with van der Waals surface area (Å²) in [5.74, 6) is 0. The molecule has 1 N–H and O–H groups in total. The monoisotopic (exact) mass is 256 g/mol. The smallest absolute Gasteiger partial charge is 0.410 e. The number of carbonyl (C=O) groups is 1. The van der Waals surface area contributed by atoms with E-state index in [4.69, 9.17) is 9.47 Å². The Morgan fingerprint density at radius 1 is 1.39 bits per heavy atom. The van der Waals surface area contributed by atoms with Gasteiger partial charge in [0.1, 0.15) is 5.60 Å². The quantitative estimate of drug-likeness (QED) is 0.717. The number of nitrogens with zero attached hydrogens (tertiary/aromatic N) is 1. The molecule has 0 bridgehead atoms. The predicted octanol–water partition coefficient (Wildman–Crippen LogP) is 1.72. The lowest BCUT2D eigenvalue weighted by atomic mass is 9.86. The van der Waals surface area contributed by atoms with Crippen molar-refractivity contribution in [2.24, 2.45) is 0 Å². The van der Waals surface area contributed by atoms with Crippen LogP contribution < -0.4 is 5.32 Å². The standard InChI is InChI=1S/C13H24N2O3/c1-10-13(17-9-14-10)5-7-15(8-6-13)11(16)18-12(2,3)4/h10,14H,5-9H2,1-4H3. The molecule has 2 aliphatic heterocycles. The Kier molecular flexibility index (Phi) is 3.56. The van der Waals surface area contributed by atoms with Crippen LogP contribution in [-0.4, -0.2) is 48.1 Å². The molecular weight excluding hydrogens is 232 g/mol. The molecule has 0 aromatic carbocycles. The molecule has 5 nitrogen and oxygen atoms in total. The van der Waals surface area contributed by atoms with Gasteiger partial charge in [0.15, 0.2) is 0 Å². The highest BCUT2D eigenvalue weighted by Gasteiger charge is 2.45. The second kappa shape index (κ2) is 4.70. The number of ether oxygens (including phenoxy) is 2. The van der Waals surface area contributed by atoms with Crippen molar-refractivity contribution in [2.75, 3.05) is 19.8 Å². The fraction of sp³-hybridized carbons (Fsp3) is 0.923. The first-order chi connectivity index (χ1) is 8.32. The van der Waals surface area contributed by atoms with Gasteiger partial charge in [-0.25, -0.2) is 4.79 Å². The zero-order valence-electron chi connectivity index (χ0n) is 11.8. The minimum Gasteiger partial charge on any atom is -0.444 e. The summed E-state index contributed by atoms with van der Waals surface area (Å²) in [5, 5.41) is 3.31. The molecule has 1 atom stereocenters. The third-order valence-electron chi connectivity index (χ3n) is 3.80. The molecule has 18 heavy (non-hydrogen) atoms. The first-order valence-electron chi connectivity index (χ1n) is 6.68. The second-order valence-electron chi connectivity index (χ2n) is 6.25.